The van der Waals surface area contributed by atoms with Crippen LogP contribution in [0.25, 0.3) is 5.76 Å². The van der Waals surface area contributed by atoms with Gasteiger partial charge in [-0.25, -0.2) is 0 Å². The van der Waals surface area contributed by atoms with Gasteiger partial charge in [-0.3, -0.25) is 14.5 Å². The number of hydrogen-bond donors (Lipinski definition) is 1. The van der Waals surface area contributed by atoms with Crippen molar-refractivity contribution in [3.05, 3.63) is 64.2 Å². The van der Waals surface area contributed by atoms with E-state index < -0.39 is 17.7 Å². The van der Waals surface area contributed by atoms with Crippen LogP contribution in [0.4, 0.5) is 5.13 Å². The number of nitrogens with zero attached hydrogens (tertiary/aromatic N) is 3. The average molecular weight is 480 g/mol. The zero-order chi connectivity index (χ0) is 23.8. The number of anilines is 1. The van der Waals surface area contributed by atoms with Crippen LogP contribution >= 0.6 is 11.3 Å². The molecule has 1 N–H and O–H groups in total. The number of hydrogen-bond acceptors (Lipinski definition) is 9. The van der Waals surface area contributed by atoms with Crippen molar-refractivity contribution in [3.8, 4) is 17.2 Å². The van der Waals surface area contributed by atoms with Crippen LogP contribution in [0.3, 0.4) is 0 Å². The van der Waals surface area contributed by atoms with E-state index in [0.717, 1.165) is 0 Å². The molecule has 0 saturated carbocycles. The van der Waals surface area contributed by atoms with Crippen LogP contribution < -0.4 is 19.1 Å². The molecule has 1 aromatic heterocycles. The Morgan fingerprint density at radius 1 is 1.15 bits per heavy atom. The van der Waals surface area contributed by atoms with E-state index in [0.29, 0.717) is 53.2 Å². The van der Waals surface area contributed by atoms with Gasteiger partial charge in [-0.2, -0.15) is 0 Å². The number of carbonyl (C=O) groups excluding carboxylic acids is 2. The third kappa shape index (κ3) is 3.75. The van der Waals surface area contributed by atoms with Crippen molar-refractivity contribution in [3.63, 3.8) is 0 Å². The Bertz CT molecular complexity index is 1320. The Balaban J connectivity index is 1.68. The molecule has 0 radical (unpaired) electrons. The zero-order valence-electron chi connectivity index (χ0n) is 18.5. The molecule has 34 heavy (non-hydrogen) atoms. The van der Waals surface area contributed by atoms with Crippen molar-refractivity contribution < 1.29 is 28.9 Å². The molecule has 1 saturated heterocycles. The molecule has 0 bridgehead atoms. The molecular weight excluding hydrogens is 458 g/mol. The molecule has 3 heterocycles. The molecule has 9 nitrogen and oxygen atoms in total. The molecule has 0 unspecified atom stereocenters. The summed E-state index contributed by atoms with van der Waals surface area (Å²) in [6.07, 6.45) is 0. The second kappa shape index (κ2) is 8.79. The first-order chi connectivity index (χ1) is 16.5. The van der Waals surface area contributed by atoms with E-state index in [2.05, 4.69) is 10.2 Å². The Morgan fingerprint density at radius 3 is 2.68 bits per heavy atom. The predicted octanol–water partition coefficient (Wildman–Crippen LogP) is 3.64. The van der Waals surface area contributed by atoms with Gasteiger partial charge in [0.1, 0.15) is 29.7 Å². The van der Waals surface area contributed by atoms with Crippen LogP contribution in [-0.2, 0) is 9.59 Å². The number of amides is 1. The number of fused-ring (bicyclic) bond motifs is 1. The van der Waals surface area contributed by atoms with Crippen LogP contribution in [0.5, 0.6) is 17.2 Å². The highest BCUT2D eigenvalue weighted by atomic mass is 32.1. The van der Waals surface area contributed by atoms with E-state index in [4.69, 9.17) is 14.2 Å². The molecular formula is C24H21N3O6S. The zero-order valence-corrected chi connectivity index (χ0v) is 19.3. The fourth-order valence-corrected chi connectivity index (χ4v) is 4.73. The minimum atomic E-state index is -0.916. The highest BCUT2D eigenvalue weighted by Crippen LogP contribution is 2.44. The number of ether oxygens (including phenoxy) is 3. The molecule has 1 amide bonds. The van der Waals surface area contributed by atoms with Crippen LogP contribution in [0.2, 0.25) is 0 Å². The summed E-state index contributed by atoms with van der Waals surface area (Å²) < 4.78 is 16.8. The molecule has 3 aromatic rings. The van der Waals surface area contributed by atoms with Crippen LogP contribution in [0, 0.1) is 6.92 Å². The number of aromatic nitrogens is 2. The van der Waals surface area contributed by atoms with E-state index in [1.165, 1.54) is 16.2 Å². The van der Waals surface area contributed by atoms with E-state index in [-0.39, 0.29) is 16.5 Å². The standard InChI is InChI=1S/C24H21N3O6S/c1-3-31-16-6-4-5-14(11-16)20-19(22(29)23(30)27(20)24-26-25-13(2)34-24)21(28)15-7-8-17-18(12-15)33-10-9-32-17/h4-8,11-12,20,28H,3,9-10H2,1-2H3/t20-/m0/s1. The Kier molecular flexibility index (Phi) is 5.66. The van der Waals surface area contributed by atoms with Gasteiger partial charge in [0.25, 0.3) is 5.78 Å². The van der Waals surface area contributed by atoms with Gasteiger partial charge in [-0.05, 0) is 49.7 Å². The number of rotatable bonds is 5. The summed E-state index contributed by atoms with van der Waals surface area (Å²) in [4.78, 5) is 27.7. The van der Waals surface area contributed by atoms with Gasteiger partial charge >= 0.3 is 5.91 Å². The molecule has 2 aliphatic heterocycles. The van der Waals surface area contributed by atoms with Gasteiger partial charge in [0.15, 0.2) is 11.5 Å². The molecule has 0 spiro atoms. The SMILES string of the molecule is CCOc1cccc([C@H]2C(=C(O)c3ccc4c(c3)OCCO4)C(=O)C(=O)N2c2nnc(C)s2)c1. The number of aliphatic hydroxyl groups excluding tert-OH is 1. The number of aryl methyl sites for hydroxylation is 1. The van der Waals surface area contributed by atoms with E-state index in [1.807, 2.05) is 6.92 Å². The third-order valence-electron chi connectivity index (χ3n) is 5.47. The smallest absolute Gasteiger partial charge is 0.301 e. The van der Waals surface area contributed by atoms with Crippen LogP contribution in [0.1, 0.15) is 29.1 Å². The van der Waals surface area contributed by atoms with Crippen molar-refractivity contribution in [2.45, 2.75) is 19.9 Å². The summed E-state index contributed by atoms with van der Waals surface area (Å²) in [6, 6.07) is 11.1. The monoisotopic (exact) mass is 479 g/mol. The highest BCUT2D eigenvalue weighted by molar-refractivity contribution is 7.15. The molecule has 1 fully saturated rings. The minimum Gasteiger partial charge on any atom is -0.507 e. The quantitative estimate of drug-likeness (QED) is 0.335. The van der Waals surface area contributed by atoms with E-state index in [9.17, 15) is 14.7 Å². The molecule has 10 heteroatoms. The average Bonchev–Trinajstić information content (AvgIpc) is 3.39. The normalized spacial score (nSPS) is 18.9. The summed E-state index contributed by atoms with van der Waals surface area (Å²) in [5, 5.41) is 20.3. The summed E-state index contributed by atoms with van der Waals surface area (Å²) in [7, 11) is 0. The van der Waals surface area contributed by atoms with Gasteiger partial charge in [-0.15, -0.1) is 10.2 Å². The summed E-state index contributed by atoms with van der Waals surface area (Å²) >= 11 is 1.19. The second-order valence-corrected chi connectivity index (χ2v) is 8.80. The fourth-order valence-electron chi connectivity index (χ4n) is 4.02. The number of aliphatic hydroxyl groups is 1. The Morgan fingerprint density at radius 2 is 1.94 bits per heavy atom. The number of ketones is 1. The Labute approximate surface area is 199 Å². The maximum atomic E-state index is 13.3. The molecule has 1 atom stereocenters. The van der Waals surface area contributed by atoms with E-state index >= 15 is 0 Å². The van der Waals surface area contributed by atoms with Gasteiger partial charge in [0.2, 0.25) is 5.13 Å². The highest BCUT2D eigenvalue weighted by Gasteiger charge is 2.48. The first-order valence-corrected chi connectivity index (χ1v) is 11.5. The molecule has 2 aliphatic rings. The van der Waals surface area contributed by atoms with Crippen molar-refractivity contribution in [1.29, 1.82) is 0 Å². The predicted molar refractivity (Wildman–Crippen MR) is 124 cm³/mol. The lowest BCUT2D eigenvalue weighted by Gasteiger charge is -2.23. The van der Waals surface area contributed by atoms with Crippen LogP contribution in [-0.4, -0.2) is 46.8 Å². The summed E-state index contributed by atoms with van der Waals surface area (Å²) in [5.41, 5.74) is 0.877. The van der Waals surface area contributed by atoms with Gasteiger partial charge in [-0.1, -0.05) is 23.5 Å². The lowest BCUT2D eigenvalue weighted by Crippen LogP contribution is -2.29. The lowest BCUT2D eigenvalue weighted by molar-refractivity contribution is -0.132. The van der Waals surface area contributed by atoms with Crippen molar-refractivity contribution in [2.75, 3.05) is 24.7 Å². The largest absolute Gasteiger partial charge is 0.507 e. The third-order valence-corrected chi connectivity index (χ3v) is 6.30. The molecule has 0 aliphatic carbocycles. The molecule has 2 aromatic carbocycles. The minimum absolute atomic E-state index is 0.0526. The topological polar surface area (TPSA) is 111 Å². The maximum absolute atomic E-state index is 13.3. The summed E-state index contributed by atoms with van der Waals surface area (Å²) in [5.74, 6) is -0.328. The van der Waals surface area contributed by atoms with Crippen molar-refractivity contribution >= 4 is 33.9 Å². The summed E-state index contributed by atoms with van der Waals surface area (Å²) in [6.45, 7) is 4.89. The molecule has 174 valence electrons. The van der Waals surface area contributed by atoms with Crippen LogP contribution in [0.15, 0.2) is 48.0 Å². The molecule has 5 rings (SSSR count). The van der Waals surface area contributed by atoms with Gasteiger partial charge in [0, 0.05) is 5.56 Å². The Hall–Kier alpha value is -3.92. The van der Waals surface area contributed by atoms with Gasteiger partial charge in [0.05, 0.1) is 18.2 Å². The lowest BCUT2D eigenvalue weighted by atomic mass is 9.95. The second-order valence-electron chi connectivity index (χ2n) is 7.64. The van der Waals surface area contributed by atoms with E-state index in [1.54, 1.807) is 49.4 Å². The van der Waals surface area contributed by atoms with Crippen molar-refractivity contribution in [1.82, 2.24) is 10.2 Å². The first-order valence-electron chi connectivity index (χ1n) is 10.7. The maximum Gasteiger partial charge on any atom is 0.301 e. The number of carbonyl (C=O) groups is 2. The number of Topliss-reactive ketones (excluding diaryl/α,β-unsaturated/α-hetero) is 1. The van der Waals surface area contributed by atoms with Gasteiger partial charge < -0.3 is 19.3 Å². The number of benzene rings is 2. The van der Waals surface area contributed by atoms with Crippen molar-refractivity contribution in [2.24, 2.45) is 0 Å². The fraction of sp³-hybridized carbons (Fsp3) is 0.250. The first kappa shape index (κ1) is 21.9.